The summed E-state index contributed by atoms with van der Waals surface area (Å²) in [5.74, 6) is 1.03. The van der Waals surface area contributed by atoms with Crippen molar-refractivity contribution in [2.75, 3.05) is 0 Å². The third-order valence-electron chi connectivity index (χ3n) is 4.43. The van der Waals surface area contributed by atoms with Crippen LogP contribution in [-0.2, 0) is 6.42 Å². The third-order valence-corrected chi connectivity index (χ3v) is 4.43. The average molecular weight is 250 g/mol. The van der Waals surface area contributed by atoms with Crippen molar-refractivity contribution in [2.24, 2.45) is 11.1 Å². The van der Waals surface area contributed by atoms with Gasteiger partial charge in [-0.2, -0.15) is 5.10 Å². The second-order valence-corrected chi connectivity index (χ2v) is 6.24. The molecule has 1 fully saturated rings. The van der Waals surface area contributed by atoms with Crippen molar-refractivity contribution in [3.63, 3.8) is 0 Å². The van der Waals surface area contributed by atoms with Gasteiger partial charge in [-0.1, -0.05) is 26.2 Å². The molecule has 1 aliphatic carbocycles. The van der Waals surface area contributed by atoms with Gasteiger partial charge in [0.15, 0.2) is 0 Å². The fourth-order valence-corrected chi connectivity index (χ4v) is 3.02. The Morgan fingerprint density at radius 2 is 2.00 bits per heavy atom. The Hall–Kier alpha value is -0.900. The quantitative estimate of drug-likeness (QED) is 0.894. The second kappa shape index (κ2) is 5.39. The van der Waals surface area contributed by atoms with E-state index in [0.29, 0.717) is 6.04 Å². The Morgan fingerprint density at radius 3 is 2.61 bits per heavy atom. The fraction of sp³-hybridized carbons (Fsp3) is 0.857. The highest BCUT2D eigenvalue weighted by molar-refractivity contribution is 4.97. The first-order valence-corrected chi connectivity index (χ1v) is 7.17. The molecule has 1 saturated carbocycles. The van der Waals surface area contributed by atoms with E-state index in [9.17, 15) is 0 Å². The van der Waals surface area contributed by atoms with Gasteiger partial charge < -0.3 is 5.73 Å². The van der Waals surface area contributed by atoms with Crippen molar-refractivity contribution in [1.29, 1.82) is 0 Å². The number of hydrogen-bond donors (Lipinski definition) is 1. The average Bonchev–Trinajstić information content (AvgIpc) is 2.78. The molecule has 1 heterocycles. The molecule has 0 saturated heterocycles. The number of aromatic nitrogens is 3. The van der Waals surface area contributed by atoms with E-state index >= 15 is 0 Å². The molecule has 2 rings (SSSR count). The van der Waals surface area contributed by atoms with Crippen LogP contribution in [0.25, 0.3) is 0 Å². The van der Waals surface area contributed by atoms with Gasteiger partial charge in [0.1, 0.15) is 12.2 Å². The maximum atomic E-state index is 6.46. The molecule has 1 atom stereocenters. The van der Waals surface area contributed by atoms with Gasteiger partial charge in [0, 0.05) is 18.5 Å². The largest absolute Gasteiger partial charge is 0.327 e. The zero-order valence-corrected chi connectivity index (χ0v) is 11.9. The van der Waals surface area contributed by atoms with Crippen LogP contribution < -0.4 is 5.73 Å². The smallest absolute Gasteiger partial charge is 0.138 e. The van der Waals surface area contributed by atoms with Crippen LogP contribution >= 0.6 is 0 Å². The van der Waals surface area contributed by atoms with E-state index in [1.165, 1.54) is 32.1 Å². The SMILES string of the molecule is CC(C)n1ncnc1CC(N)C1(C)CCCCC1. The van der Waals surface area contributed by atoms with Crippen LogP contribution in [0.3, 0.4) is 0 Å². The molecule has 1 aromatic heterocycles. The lowest BCUT2D eigenvalue weighted by Gasteiger charge is -2.38. The lowest BCUT2D eigenvalue weighted by Crippen LogP contribution is -2.43. The van der Waals surface area contributed by atoms with E-state index in [0.717, 1.165) is 12.2 Å². The van der Waals surface area contributed by atoms with Crippen molar-refractivity contribution in [3.8, 4) is 0 Å². The molecule has 1 unspecified atom stereocenters. The van der Waals surface area contributed by atoms with E-state index in [1.54, 1.807) is 6.33 Å². The summed E-state index contributed by atoms with van der Waals surface area (Å²) in [4.78, 5) is 4.38. The Bertz CT molecular complexity index is 377. The van der Waals surface area contributed by atoms with Crippen molar-refractivity contribution in [1.82, 2.24) is 14.8 Å². The van der Waals surface area contributed by atoms with Crippen LogP contribution in [0, 0.1) is 5.41 Å². The second-order valence-electron chi connectivity index (χ2n) is 6.24. The highest BCUT2D eigenvalue weighted by Crippen LogP contribution is 2.38. The van der Waals surface area contributed by atoms with Crippen molar-refractivity contribution >= 4 is 0 Å². The molecule has 0 aromatic carbocycles. The first kappa shape index (κ1) is 13.5. The zero-order valence-electron chi connectivity index (χ0n) is 11.9. The molecular formula is C14H26N4. The van der Waals surface area contributed by atoms with Gasteiger partial charge >= 0.3 is 0 Å². The van der Waals surface area contributed by atoms with E-state index < -0.39 is 0 Å². The predicted octanol–water partition coefficient (Wildman–Crippen LogP) is 2.70. The van der Waals surface area contributed by atoms with E-state index in [-0.39, 0.29) is 11.5 Å². The standard InChI is InChI=1S/C14H26N4/c1-11(2)18-13(16-10-17-18)9-12(15)14(3)7-5-4-6-8-14/h10-12H,4-9,15H2,1-3H3. The van der Waals surface area contributed by atoms with Crippen molar-refractivity contribution in [3.05, 3.63) is 12.2 Å². The molecule has 0 bridgehead atoms. The lowest BCUT2D eigenvalue weighted by atomic mass is 9.70. The van der Waals surface area contributed by atoms with Gasteiger partial charge in [0.2, 0.25) is 0 Å². The fourth-order valence-electron chi connectivity index (χ4n) is 3.02. The molecule has 0 amide bonds. The summed E-state index contributed by atoms with van der Waals surface area (Å²) < 4.78 is 1.99. The van der Waals surface area contributed by atoms with Gasteiger partial charge in [0.25, 0.3) is 0 Å². The third kappa shape index (κ3) is 2.74. The van der Waals surface area contributed by atoms with Crippen LogP contribution in [0.15, 0.2) is 6.33 Å². The molecule has 4 nitrogen and oxygen atoms in total. The summed E-state index contributed by atoms with van der Waals surface area (Å²) in [6.07, 6.45) is 9.00. The van der Waals surface area contributed by atoms with Crippen LogP contribution in [0.1, 0.15) is 64.7 Å². The molecule has 1 aliphatic rings. The van der Waals surface area contributed by atoms with Gasteiger partial charge in [0.05, 0.1) is 0 Å². The summed E-state index contributed by atoms with van der Waals surface area (Å²) in [6.45, 7) is 6.60. The molecular weight excluding hydrogens is 224 g/mol. The monoisotopic (exact) mass is 250 g/mol. The maximum Gasteiger partial charge on any atom is 0.138 e. The van der Waals surface area contributed by atoms with Crippen molar-refractivity contribution < 1.29 is 0 Å². The molecule has 1 aromatic rings. The molecule has 0 spiro atoms. The van der Waals surface area contributed by atoms with E-state index in [4.69, 9.17) is 5.73 Å². The van der Waals surface area contributed by atoms with E-state index in [2.05, 4.69) is 30.9 Å². The lowest BCUT2D eigenvalue weighted by molar-refractivity contribution is 0.166. The Morgan fingerprint density at radius 1 is 1.33 bits per heavy atom. The van der Waals surface area contributed by atoms with Gasteiger partial charge in [-0.05, 0) is 32.1 Å². The highest BCUT2D eigenvalue weighted by atomic mass is 15.3. The Balaban J connectivity index is 2.06. The first-order valence-electron chi connectivity index (χ1n) is 7.17. The van der Waals surface area contributed by atoms with Gasteiger partial charge in [-0.25, -0.2) is 9.67 Å². The summed E-state index contributed by atoms with van der Waals surface area (Å²) >= 11 is 0. The summed E-state index contributed by atoms with van der Waals surface area (Å²) in [5, 5.41) is 4.29. The molecule has 102 valence electrons. The Kier molecular flexibility index (Phi) is 4.05. The number of nitrogens with zero attached hydrogens (tertiary/aromatic N) is 3. The molecule has 2 N–H and O–H groups in total. The number of nitrogens with two attached hydrogens (primary N) is 1. The van der Waals surface area contributed by atoms with Gasteiger partial charge in [-0.3, -0.25) is 0 Å². The minimum Gasteiger partial charge on any atom is -0.327 e. The maximum absolute atomic E-state index is 6.46. The summed E-state index contributed by atoms with van der Waals surface area (Å²) in [5.41, 5.74) is 6.75. The molecule has 0 radical (unpaired) electrons. The topological polar surface area (TPSA) is 56.7 Å². The highest BCUT2D eigenvalue weighted by Gasteiger charge is 2.34. The zero-order chi connectivity index (χ0) is 13.2. The van der Waals surface area contributed by atoms with Crippen LogP contribution in [-0.4, -0.2) is 20.8 Å². The van der Waals surface area contributed by atoms with Crippen LogP contribution in [0.4, 0.5) is 0 Å². The summed E-state index contributed by atoms with van der Waals surface area (Å²) in [7, 11) is 0. The predicted molar refractivity (Wildman–Crippen MR) is 73.3 cm³/mol. The van der Waals surface area contributed by atoms with E-state index in [1.807, 2.05) is 4.68 Å². The van der Waals surface area contributed by atoms with Crippen LogP contribution in [0.2, 0.25) is 0 Å². The molecule has 18 heavy (non-hydrogen) atoms. The van der Waals surface area contributed by atoms with Crippen molar-refractivity contribution in [2.45, 2.75) is 71.4 Å². The first-order chi connectivity index (χ1) is 8.53. The normalized spacial score (nSPS) is 21.2. The minimum absolute atomic E-state index is 0.194. The number of hydrogen-bond acceptors (Lipinski definition) is 3. The number of rotatable bonds is 4. The summed E-state index contributed by atoms with van der Waals surface area (Å²) in [6, 6.07) is 0.549. The van der Waals surface area contributed by atoms with Gasteiger partial charge in [-0.15, -0.1) is 0 Å². The molecule has 4 heteroatoms. The minimum atomic E-state index is 0.194. The van der Waals surface area contributed by atoms with Crippen LogP contribution in [0.5, 0.6) is 0 Å². The molecule has 0 aliphatic heterocycles. The Labute approximate surface area is 110 Å².